The van der Waals surface area contributed by atoms with Gasteiger partial charge in [-0.25, -0.2) is 0 Å². The normalized spacial score (nSPS) is 17.6. The fraction of sp³-hybridized carbons (Fsp3) is 0.533. The first-order valence-electron chi connectivity index (χ1n) is 7.09. The Morgan fingerprint density at radius 3 is 2.40 bits per heavy atom. The van der Waals surface area contributed by atoms with Gasteiger partial charge in [-0.1, -0.05) is 48.5 Å². The van der Waals surface area contributed by atoms with E-state index in [0.717, 1.165) is 12.8 Å². The van der Waals surface area contributed by atoms with Crippen LogP contribution in [0, 0.1) is 0 Å². The molecule has 1 aliphatic carbocycles. The minimum absolute atomic E-state index is 0.00659. The van der Waals surface area contributed by atoms with Crippen LogP contribution in [0.3, 0.4) is 0 Å². The zero-order valence-corrected chi connectivity index (χ0v) is 13.1. The summed E-state index contributed by atoms with van der Waals surface area (Å²) in [5.41, 5.74) is 0.613. The standard InChI is InChI=1S/C15H20Cl2N2O/c1-10(15(20)19-11-6-3-2-4-7-11)18-14-12(16)8-5-9-13(14)17/h5,8-11,18H,2-4,6-7H2,1H3,(H,19,20). The Morgan fingerprint density at radius 1 is 1.20 bits per heavy atom. The number of halogens is 2. The van der Waals surface area contributed by atoms with Crippen molar-refractivity contribution in [2.24, 2.45) is 0 Å². The first kappa shape index (κ1) is 15.5. The highest BCUT2D eigenvalue weighted by molar-refractivity contribution is 6.39. The predicted molar refractivity (Wildman–Crippen MR) is 84.6 cm³/mol. The van der Waals surface area contributed by atoms with Gasteiger partial charge in [0.2, 0.25) is 5.91 Å². The number of nitrogens with one attached hydrogen (secondary N) is 2. The molecule has 2 rings (SSSR count). The van der Waals surface area contributed by atoms with Crippen LogP contribution in [0.5, 0.6) is 0 Å². The number of amides is 1. The van der Waals surface area contributed by atoms with Crippen molar-refractivity contribution < 1.29 is 4.79 Å². The van der Waals surface area contributed by atoms with Crippen LogP contribution in [0.1, 0.15) is 39.0 Å². The summed E-state index contributed by atoms with van der Waals surface area (Å²) in [7, 11) is 0. The molecule has 1 saturated carbocycles. The van der Waals surface area contributed by atoms with Gasteiger partial charge in [-0.15, -0.1) is 0 Å². The zero-order chi connectivity index (χ0) is 14.5. The van der Waals surface area contributed by atoms with Crippen LogP contribution in [-0.2, 0) is 4.79 Å². The van der Waals surface area contributed by atoms with Crippen molar-refractivity contribution >= 4 is 34.8 Å². The van der Waals surface area contributed by atoms with Crippen molar-refractivity contribution in [1.82, 2.24) is 5.32 Å². The van der Waals surface area contributed by atoms with Gasteiger partial charge in [0.1, 0.15) is 6.04 Å². The average Bonchev–Trinajstić information content (AvgIpc) is 2.44. The largest absolute Gasteiger partial charge is 0.371 e. The lowest BCUT2D eigenvalue weighted by molar-refractivity contribution is -0.122. The summed E-state index contributed by atoms with van der Waals surface area (Å²) in [6.07, 6.45) is 5.82. The quantitative estimate of drug-likeness (QED) is 0.872. The molecule has 3 nitrogen and oxygen atoms in total. The molecule has 20 heavy (non-hydrogen) atoms. The summed E-state index contributed by atoms with van der Waals surface area (Å²) < 4.78 is 0. The van der Waals surface area contributed by atoms with Crippen molar-refractivity contribution in [3.63, 3.8) is 0 Å². The summed E-state index contributed by atoms with van der Waals surface area (Å²) >= 11 is 12.2. The van der Waals surface area contributed by atoms with Crippen molar-refractivity contribution in [2.75, 3.05) is 5.32 Å². The second kappa shape index (κ2) is 7.19. The molecule has 0 aromatic heterocycles. The topological polar surface area (TPSA) is 41.1 Å². The molecule has 0 aliphatic heterocycles. The third kappa shape index (κ3) is 4.03. The molecule has 5 heteroatoms. The second-order valence-corrected chi connectivity index (χ2v) is 6.12. The van der Waals surface area contributed by atoms with E-state index in [0.29, 0.717) is 21.8 Å². The van der Waals surface area contributed by atoms with Gasteiger partial charge in [-0.05, 0) is 31.9 Å². The molecule has 1 aromatic carbocycles. The molecule has 110 valence electrons. The number of hydrogen-bond donors (Lipinski definition) is 2. The molecule has 1 aliphatic rings. The van der Waals surface area contributed by atoms with Crippen LogP contribution in [0.2, 0.25) is 10.0 Å². The molecule has 0 bridgehead atoms. The van der Waals surface area contributed by atoms with Gasteiger partial charge >= 0.3 is 0 Å². The molecule has 1 aromatic rings. The monoisotopic (exact) mass is 314 g/mol. The Hall–Kier alpha value is -0.930. The number of hydrogen-bond acceptors (Lipinski definition) is 2. The molecule has 1 unspecified atom stereocenters. The molecule has 1 fully saturated rings. The molecular formula is C15H20Cl2N2O. The lowest BCUT2D eigenvalue weighted by Crippen LogP contribution is -2.44. The summed E-state index contributed by atoms with van der Waals surface area (Å²) in [6, 6.07) is 5.22. The fourth-order valence-electron chi connectivity index (χ4n) is 2.49. The molecular weight excluding hydrogens is 295 g/mol. The van der Waals surface area contributed by atoms with Crippen molar-refractivity contribution in [3.8, 4) is 0 Å². The number of carbonyl (C=O) groups excluding carboxylic acids is 1. The van der Waals surface area contributed by atoms with E-state index in [1.807, 2.05) is 6.92 Å². The summed E-state index contributed by atoms with van der Waals surface area (Å²) in [6.45, 7) is 1.82. The van der Waals surface area contributed by atoms with Crippen LogP contribution in [-0.4, -0.2) is 18.0 Å². The Morgan fingerprint density at radius 2 is 1.80 bits per heavy atom. The van der Waals surface area contributed by atoms with E-state index < -0.39 is 0 Å². The highest BCUT2D eigenvalue weighted by Gasteiger charge is 2.20. The maximum absolute atomic E-state index is 12.2. The highest BCUT2D eigenvalue weighted by Crippen LogP contribution is 2.30. The number of benzene rings is 1. The number of para-hydroxylation sites is 1. The molecule has 0 heterocycles. The summed E-state index contributed by atoms with van der Waals surface area (Å²) in [5, 5.41) is 7.23. The number of rotatable bonds is 4. The number of anilines is 1. The molecule has 1 atom stereocenters. The molecule has 0 spiro atoms. The maximum atomic E-state index is 12.2. The molecule has 0 saturated heterocycles. The van der Waals surface area contributed by atoms with E-state index in [2.05, 4.69) is 10.6 Å². The van der Waals surface area contributed by atoms with Gasteiger partial charge in [-0.2, -0.15) is 0 Å². The van der Waals surface area contributed by atoms with Crippen LogP contribution in [0.4, 0.5) is 5.69 Å². The fourth-order valence-corrected chi connectivity index (χ4v) is 3.00. The first-order chi connectivity index (χ1) is 9.58. The molecule has 0 radical (unpaired) electrons. The van der Waals surface area contributed by atoms with Crippen molar-refractivity contribution in [3.05, 3.63) is 28.2 Å². The van der Waals surface area contributed by atoms with E-state index in [4.69, 9.17) is 23.2 Å². The van der Waals surface area contributed by atoms with Gasteiger partial charge in [0, 0.05) is 6.04 Å². The van der Waals surface area contributed by atoms with Crippen molar-refractivity contribution in [2.45, 2.75) is 51.1 Å². The van der Waals surface area contributed by atoms with Gasteiger partial charge in [-0.3, -0.25) is 4.79 Å². The third-order valence-electron chi connectivity index (χ3n) is 3.67. The minimum atomic E-state index is -0.366. The average molecular weight is 315 g/mol. The lowest BCUT2D eigenvalue weighted by atomic mass is 9.95. The van der Waals surface area contributed by atoms with Crippen LogP contribution in [0.15, 0.2) is 18.2 Å². The summed E-state index contributed by atoms with van der Waals surface area (Å²) in [5.74, 6) is -0.00659. The van der Waals surface area contributed by atoms with Crippen LogP contribution >= 0.6 is 23.2 Å². The van der Waals surface area contributed by atoms with E-state index >= 15 is 0 Å². The SMILES string of the molecule is CC(Nc1c(Cl)cccc1Cl)C(=O)NC1CCCCC1. The van der Waals surface area contributed by atoms with E-state index in [1.54, 1.807) is 18.2 Å². The van der Waals surface area contributed by atoms with Gasteiger partial charge < -0.3 is 10.6 Å². The van der Waals surface area contributed by atoms with Gasteiger partial charge in [0.05, 0.1) is 15.7 Å². The highest BCUT2D eigenvalue weighted by atomic mass is 35.5. The zero-order valence-electron chi connectivity index (χ0n) is 11.6. The maximum Gasteiger partial charge on any atom is 0.242 e. The Bertz CT molecular complexity index is 453. The van der Waals surface area contributed by atoms with Gasteiger partial charge in [0.25, 0.3) is 0 Å². The Labute approximate surface area is 130 Å². The minimum Gasteiger partial charge on any atom is -0.371 e. The van der Waals surface area contributed by atoms with E-state index in [-0.39, 0.29) is 11.9 Å². The Kier molecular flexibility index (Phi) is 5.55. The van der Waals surface area contributed by atoms with Gasteiger partial charge in [0.15, 0.2) is 0 Å². The third-order valence-corrected chi connectivity index (χ3v) is 4.30. The predicted octanol–water partition coefficient (Wildman–Crippen LogP) is 4.24. The van der Waals surface area contributed by atoms with Crippen LogP contribution < -0.4 is 10.6 Å². The van der Waals surface area contributed by atoms with Crippen LogP contribution in [0.25, 0.3) is 0 Å². The Balaban J connectivity index is 1.93. The van der Waals surface area contributed by atoms with Crippen molar-refractivity contribution in [1.29, 1.82) is 0 Å². The second-order valence-electron chi connectivity index (χ2n) is 5.31. The first-order valence-corrected chi connectivity index (χ1v) is 7.84. The smallest absolute Gasteiger partial charge is 0.242 e. The van der Waals surface area contributed by atoms with E-state index in [9.17, 15) is 4.79 Å². The number of carbonyl (C=O) groups is 1. The molecule has 1 amide bonds. The lowest BCUT2D eigenvalue weighted by Gasteiger charge is -2.25. The molecule has 2 N–H and O–H groups in total. The van der Waals surface area contributed by atoms with E-state index in [1.165, 1.54) is 19.3 Å². The summed E-state index contributed by atoms with van der Waals surface area (Å²) in [4.78, 5) is 12.2.